The van der Waals surface area contributed by atoms with Crippen LogP contribution in [-0.4, -0.2) is 39.0 Å². The first-order chi connectivity index (χ1) is 12.6. The van der Waals surface area contributed by atoms with Gasteiger partial charge in [-0.25, -0.2) is 0 Å². The second-order valence-electron chi connectivity index (χ2n) is 7.80. The van der Waals surface area contributed by atoms with E-state index in [-0.39, 0.29) is 5.92 Å². The van der Waals surface area contributed by atoms with Crippen LogP contribution in [0.15, 0.2) is 42.7 Å². The lowest BCUT2D eigenvalue weighted by Gasteiger charge is -2.38. The van der Waals surface area contributed by atoms with Crippen LogP contribution >= 0.6 is 0 Å². The van der Waals surface area contributed by atoms with E-state index in [1.165, 1.54) is 5.56 Å². The standard InChI is InChI=1S/C21H25N3O2/c1-15-19(23-10-9-22-15)13-24-12-18-11-17(16-5-3-2-4-6-16)7-8-21(18,14-24)20(25)26/h2-6,9-10,17-18H,7-8,11-14H2,1H3,(H,25,26)/t17-,18-,21-/m0/s1. The molecule has 1 saturated heterocycles. The van der Waals surface area contributed by atoms with Crippen molar-refractivity contribution in [3.05, 3.63) is 59.7 Å². The highest BCUT2D eigenvalue weighted by molar-refractivity contribution is 5.76. The monoisotopic (exact) mass is 351 g/mol. The van der Waals surface area contributed by atoms with Crippen molar-refractivity contribution in [1.82, 2.24) is 14.9 Å². The van der Waals surface area contributed by atoms with E-state index in [0.29, 0.717) is 19.0 Å². The molecule has 1 aliphatic carbocycles. The van der Waals surface area contributed by atoms with Crippen molar-refractivity contribution >= 4 is 5.97 Å². The number of aliphatic carboxylic acids is 1. The molecule has 2 aromatic rings. The van der Waals surface area contributed by atoms with Gasteiger partial charge in [0.25, 0.3) is 0 Å². The number of carboxylic acids is 1. The maximum atomic E-state index is 12.2. The zero-order chi connectivity index (χ0) is 18.1. The number of likely N-dealkylation sites (tertiary alicyclic amines) is 1. The molecule has 3 atom stereocenters. The number of nitrogens with zero attached hydrogens (tertiary/aromatic N) is 3. The molecule has 1 aromatic heterocycles. The predicted molar refractivity (Wildman–Crippen MR) is 98.6 cm³/mol. The van der Waals surface area contributed by atoms with Gasteiger partial charge >= 0.3 is 5.97 Å². The second kappa shape index (κ2) is 6.80. The number of carbonyl (C=O) groups is 1. The van der Waals surface area contributed by atoms with Crippen molar-refractivity contribution in [2.24, 2.45) is 11.3 Å². The maximum absolute atomic E-state index is 12.2. The molecule has 0 spiro atoms. The number of carboxylic acid groups (broad SMARTS) is 1. The molecule has 0 radical (unpaired) electrons. The Balaban J connectivity index is 1.54. The lowest BCUT2D eigenvalue weighted by Crippen LogP contribution is -2.42. The van der Waals surface area contributed by atoms with E-state index in [9.17, 15) is 9.90 Å². The molecule has 2 aliphatic rings. The van der Waals surface area contributed by atoms with E-state index in [0.717, 1.165) is 37.2 Å². The molecule has 136 valence electrons. The molecule has 5 nitrogen and oxygen atoms in total. The third-order valence-corrected chi connectivity index (χ3v) is 6.33. The SMILES string of the molecule is Cc1nccnc1CN1C[C@@H]2C[C@@H](c3ccccc3)CC[C@]2(C(=O)O)C1. The Kier molecular flexibility index (Phi) is 4.49. The summed E-state index contributed by atoms with van der Waals surface area (Å²) in [6, 6.07) is 10.5. The molecule has 2 heterocycles. The summed E-state index contributed by atoms with van der Waals surface area (Å²) >= 11 is 0. The number of hydrogen-bond acceptors (Lipinski definition) is 4. The average Bonchev–Trinajstić information content (AvgIpc) is 3.03. The Bertz CT molecular complexity index is 795. The summed E-state index contributed by atoms with van der Waals surface area (Å²) in [7, 11) is 0. The van der Waals surface area contributed by atoms with Gasteiger partial charge in [-0.1, -0.05) is 30.3 Å². The first-order valence-corrected chi connectivity index (χ1v) is 9.36. The molecule has 4 rings (SSSR count). The average molecular weight is 351 g/mol. The Morgan fingerprint density at radius 3 is 2.77 bits per heavy atom. The van der Waals surface area contributed by atoms with Crippen LogP contribution in [0.3, 0.4) is 0 Å². The van der Waals surface area contributed by atoms with Gasteiger partial charge in [0.15, 0.2) is 0 Å². The lowest BCUT2D eigenvalue weighted by atomic mass is 9.64. The van der Waals surface area contributed by atoms with Crippen LogP contribution in [0, 0.1) is 18.3 Å². The molecule has 26 heavy (non-hydrogen) atoms. The van der Waals surface area contributed by atoms with Gasteiger partial charge in [-0.2, -0.15) is 0 Å². The fraction of sp³-hybridized carbons (Fsp3) is 0.476. The highest BCUT2D eigenvalue weighted by Gasteiger charge is 2.54. The van der Waals surface area contributed by atoms with Gasteiger partial charge in [0.05, 0.1) is 16.8 Å². The number of aromatic nitrogens is 2. The molecular weight excluding hydrogens is 326 g/mol. The van der Waals surface area contributed by atoms with Gasteiger partial charge in [0, 0.05) is 32.0 Å². The van der Waals surface area contributed by atoms with Crippen LogP contribution in [-0.2, 0) is 11.3 Å². The van der Waals surface area contributed by atoms with Gasteiger partial charge in [-0.3, -0.25) is 19.7 Å². The molecular formula is C21H25N3O2. The van der Waals surface area contributed by atoms with Crippen LogP contribution in [0.4, 0.5) is 0 Å². The van der Waals surface area contributed by atoms with Crippen molar-refractivity contribution in [3.8, 4) is 0 Å². The van der Waals surface area contributed by atoms with E-state index < -0.39 is 11.4 Å². The summed E-state index contributed by atoms with van der Waals surface area (Å²) in [6.45, 7) is 4.08. The van der Waals surface area contributed by atoms with Gasteiger partial charge in [-0.05, 0) is 43.6 Å². The van der Waals surface area contributed by atoms with Crippen molar-refractivity contribution in [3.63, 3.8) is 0 Å². The van der Waals surface area contributed by atoms with Crippen molar-refractivity contribution < 1.29 is 9.90 Å². The van der Waals surface area contributed by atoms with Crippen molar-refractivity contribution in [1.29, 1.82) is 0 Å². The molecule has 1 N–H and O–H groups in total. The normalized spacial score (nSPS) is 28.7. The minimum absolute atomic E-state index is 0.191. The topological polar surface area (TPSA) is 66.3 Å². The minimum atomic E-state index is -0.632. The summed E-state index contributed by atoms with van der Waals surface area (Å²) in [5.41, 5.74) is 2.61. The fourth-order valence-corrected chi connectivity index (χ4v) is 4.86. The van der Waals surface area contributed by atoms with E-state index in [2.05, 4.69) is 39.1 Å². The van der Waals surface area contributed by atoms with Gasteiger partial charge < -0.3 is 5.11 Å². The number of rotatable bonds is 4. The van der Waals surface area contributed by atoms with Crippen molar-refractivity contribution in [2.45, 2.75) is 38.6 Å². The third-order valence-electron chi connectivity index (χ3n) is 6.33. The Morgan fingerprint density at radius 2 is 2.04 bits per heavy atom. The van der Waals surface area contributed by atoms with E-state index in [1.54, 1.807) is 12.4 Å². The number of fused-ring (bicyclic) bond motifs is 1. The molecule has 1 aromatic carbocycles. The first kappa shape index (κ1) is 17.2. The molecule has 5 heteroatoms. The van der Waals surface area contributed by atoms with Crippen LogP contribution in [0.2, 0.25) is 0 Å². The van der Waals surface area contributed by atoms with E-state index in [4.69, 9.17) is 0 Å². The van der Waals surface area contributed by atoms with Crippen LogP contribution in [0.1, 0.15) is 42.1 Å². The summed E-state index contributed by atoms with van der Waals surface area (Å²) < 4.78 is 0. The third kappa shape index (κ3) is 3.01. The number of aryl methyl sites for hydroxylation is 1. The molecule has 1 aliphatic heterocycles. The van der Waals surface area contributed by atoms with Gasteiger partial charge in [0.1, 0.15) is 0 Å². The van der Waals surface area contributed by atoms with Crippen LogP contribution in [0.25, 0.3) is 0 Å². The van der Waals surface area contributed by atoms with E-state index >= 15 is 0 Å². The summed E-state index contributed by atoms with van der Waals surface area (Å²) in [5, 5.41) is 10.0. The van der Waals surface area contributed by atoms with E-state index in [1.807, 2.05) is 13.0 Å². The van der Waals surface area contributed by atoms with Crippen molar-refractivity contribution in [2.75, 3.05) is 13.1 Å². The van der Waals surface area contributed by atoms with Gasteiger partial charge in [0.2, 0.25) is 0 Å². The Morgan fingerprint density at radius 1 is 1.27 bits per heavy atom. The fourth-order valence-electron chi connectivity index (χ4n) is 4.86. The summed E-state index contributed by atoms with van der Waals surface area (Å²) in [6.07, 6.45) is 6.06. The minimum Gasteiger partial charge on any atom is -0.481 e. The van der Waals surface area contributed by atoms with Gasteiger partial charge in [-0.15, -0.1) is 0 Å². The maximum Gasteiger partial charge on any atom is 0.311 e. The highest BCUT2D eigenvalue weighted by Crippen LogP contribution is 2.51. The zero-order valence-corrected chi connectivity index (χ0v) is 15.1. The largest absolute Gasteiger partial charge is 0.481 e. The Hall–Kier alpha value is -2.27. The first-order valence-electron chi connectivity index (χ1n) is 9.36. The quantitative estimate of drug-likeness (QED) is 0.916. The number of benzene rings is 1. The lowest BCUT2D eigenvalue weighted by molar-refractivity contribution is -0.152. The number of hydrogen-bond donors (Lipinski definition) is 1. The highest BCUT2D eigenvalue weighted by atomic mass is 16.4. The van der Waals surface area contributed by atoms with Crippen LogP contribution < -0.4 is 0 Å². The van der Waals surface area contributed by atoms with Crippen LogP contribution in [0.5, 0.6) is 0 Å². The Labute approximate surface area is 154 Å². The summed E-state index contributed by atoms with van der Waals surface area (Å²) in [5.74, 6) is 0.0233. The second-order valence-corrected chi connectivity index (χ2v) is 7.80. The zero-order valence-electron chi connectivity index (χ0n) is 15.1. The smallest absolute Gasteiger partial charge is 0.311 e. The molecule has 0 amide bonds. The predicted octanol–water partition coefficient (Wildman–Crippen LogP) is 3.26. The summed E-state index contributed by atoms with van der Waals surface area (Å²) in [4.78, 5) is 23.2. The molecule has 2 fully saturated rings. The molecule has 0 unspecified atom stereocenters. The molecule has 1 saturated carbocycles. The molecule has 0 bridgehead atoms.